The topological polar surface area (TPSA) is 95.9 Å². The van der Waals surface area contributed by atoms with Crippen LogP contribution in [0.15, 0.2) is 30.3 Å². The highest BCUT2D eigenvalue weighted by molar-refractivity contribution is 5.71. The van der Waals surface area contributed by atoms with E-state index in [0.717, 1.165) is 24.8 Å². The number of hydrogen-bond donors (Lipinski definition) is 3. The Hall–Kier alpha value is -2.08. The van der Waals surface area contributed by atoms with E-state index in [9.17, 15) is 9.59 Å². The third kappa shape index (κ3) is 8.26. The number of carbonyl (C=O) groups is 2. The maximum absolute atomic E-state index is 11.4. The molecular weight excluding hydrogens is 286 g/mol. The van der Waals surface area contributed by atoms with Crippen molar-refractivity contribution in [3.8, 4) is 0 Å². The average molecular weight is 309 g/mol. The van der Waals surface area contributed by atoms with Crippen molar-refractivity contribution in [2.75, 3.05) is 6.54 Å². The fourth-order valence-electron chi connectivity index (χ4n) is 1.90. The van der Waals surface area contributed by atoms with E-state index in [4.69, 9.17) is 14.9 Å². The molecule has 0 saturated carbocycles. The number of carboxylic acid groups (broad SMARTS) is 1. The van der Waals surface area contributed by atoms with Crippen LogP contribution in [0.4, 0.5) is 4.79 Å². The Morgan fingerprint density at radius 1 is 1.09 bits per heavy atom. The van der Waals surface area contributed by atoms with E-state index in [0.29, 0.717) is 13.0 Å². The van der Waals surface area contributed by atoms with Crippen molar-refractivity contribution in [3.05, 3.63) is 35.9 Å². The first kappa shape index (κ1) is 18.0. The van der Waals surface area contributed by atoms with Crippen molar-refractivity contribution < 1.29 is 24.5 Å². The molecule has 1 aromatic rings. The Kier molecular flexibility index (Phi) is 8.67. The minimum atomic E-state index is -1.27. The number of aliphatic carboxylic acids is 1. The molecule has 6 nitrogen and oxygen atoms in total. The predicted molar refractivity (Wildman–Crippen MR) is 81.4 cm³/mol. The summed E-state index contributed by atoms with van der Waals surface area (Å²) in [7, 11) is 0. The van der Waals surface area contributed by atoms with Crippen LogP contribution >= 0.6 is 0 Å². The van der Waals surface area contributed by atoms with Crippen LogP contribution in [0.2, 0.25) is 0 Å². The zero-order valence-electron chi connectivity index (χ0n) is 12.5. The Morgan fingerprint density at radius 3 is 2.45 bits per heavy atom. The first-order valence-corrected chi connectivity index (χ1v) is 7.45. The number of carboxylic acids is 1. The maximum atomic E-state index is 11.4. The number of benzene rings is 1. The Bertz CT molecular complexity index is 449. The highest BCUT2D eigenvalue weighted by Gasteiger charge is 2.11. The Morgan fingerprint density at radius 2 is 1.77 bits per heavy atom. The molecule has 1 atom stereocenters. The number of nitrogens with one attached hydrogen (secondary N) is 1. The lowest BCUT2D eigenvalue weighted by atomic mass is 10.1. The fraction of sp³-hybridized carbons (Fsp3) is 0.500. The van der Waals surface area contributed by atoms with Crippen LogP contribution in [0.3, 0.4) is 0 Å². The molecular formula is C16H23NO5. The van der Waals surface area contributed by atoms with Gasteiger partial charge in [0, 0.05) is 6.54 Å². The molecule has 1 unspecified atom stereocenters. The number of alkyl carbamates (subject to hydrolysis) is 1. The van der Waals surface area contributed by atoms with Gasteiger partial charge in [-0.25, -0.2) is 9.59 Å². The van der Waals surface area contributed by atoms with Gasteiger partial charge in [0.1, 0.15) is 6.61 Å². The van der Waals surface area contributed by atoms with Crippen LogP contribution in [0.5, 0.6) is 0 Å². The molecule has 3 N–H and O–H groups in total. The van der Waals surface area contributed by atoms with Gasteiger partial charge in [0.15, 0.2) is 6.10 Å². The molecule has 1 amide bonds. The number of aliphatic hydroxyl groups is 1. The molecule has 0 bridgehead atoms. The normalized spacial score (nSPS) is 11.7. The van der Waals surface area contributed by atoms with E-state index >= 15 is 0 Å². The van der Waals surface area contributed by atoms with Crippen molar-refractivity contribution in [2.24, 2.45) is 0 Å². The molecule has 1 rings (SSSR count). The highest BCUT2D eigenvalue weighted by Crippen LogP contribution is 2.06. The molecule has 0 aliphatic carbocycles. The Balaban J connectivity index is 1.96. The lowest BCUT2D eigenvalue weighted by Gasteiger charge is -2.07. The van der Waals surface area contributed by atoms with E-state index < -0.39 is 18.2 Å². The van der Waals surface area contributed by atoms with Gasteiger partial charge < -0.3 is 20.3 Å². The quantitative estimate of drug-likeness (QED) is 0.576. The molecule has 0 heterocycles. The van der Waals surface area contributed by atoms with Crippen LogP contribution < -0.4 is 5.32 Å². The zero-order valence-corrected chi connectivity index (χ0v) is 12.5. The van der Waals surface area contributed by atoms with E-state index in [1.807, 2.05) is 30.3 Å². The largest absolute Gasteiger partial charge is 0.479 e. The number of rotatable bonds is 10. The molecule has 0 spiro atoms. The summed E-state index contributed by atoms with van der Waals surface area (Å²) in [5.74, 6) is -1.18. The molecule has 0 saturated heterocycles. The molecule has 0 aromatic heterocycles. The lowest BCUT2D eigenvalue weighted by molar-refractivity contribution is -0.146. The molecule has 1 aromatic carbocycles. The summed E-state index contributed by atoms with van der Waals surface area (Å²) in [6.45, 7) is 0.773. The molecule has 22 heavy (non-hydrogen) atoms. The standard InChI is InChI=1S/C16H23NO5/c18-14(15(19)20)10-6-1-2-7-11-17-16(21)22-12-13-8-4-3-5-9-13/h3-5,8-9,14,18H,1-2,6-7,10-12H2,(H,17,21)(H,19,20). The molecule has 0 aliphatic heterocycles. The van der Waals surface area contributed by atoms with E-state index in [1.165, 1.54) is 0 Å². The molecule has 122 valence electrons. The van der Waals surface area contributed by atoms with Gasteiger partial charge in [0.25, 0.3) is 0 Å². The van der Waals surface area contributed by atoms with Crippen LogP contribution in [0.25, 0.3) is 0 Å². The lowest BCUT2D eigenvalue weighted by Crippen LogP contribution is -2.25. The van der Waals surface area contributed by atoms with Gasteiger partial charge in [-0.3, -0.25) is 0 Å². The molecule has 6 heteroatoms. The molecule has 0 fully saturated rings. The van der Waals surface area contributed by atoms with Gasteiger partial charge in [-0.1, -0.05) is 49.6 Å². The average Bonchev–Trinajstić information content (AvgIpc) is 2.52. The number of carbonyl (C=O) groups excluding carboxylic acids is 1. The molecule has 0 aliphatic rings. The van der Waals surface area contributed by atoms with Gasteiger partial charge in [-0.15, -0.1) is 0 Å². The first-order valence-electron chi connectivity index (χ1n) is 7.45. The summed E-state index contributed by atoms with van der Waals surface area (Å²) in [4.78, 5) is 21.8. The van der Waals surface area contributed by atoms with Gasteiger partial charge in [-0.2, -0.15) is 0 Å². The highest BCUT2D eigenvalue weighted by atomic mass is 16.5. The summed E-state index contributed by atoms with van der Waals surface area (Å²) < 4.78 is 5.07. The van der Waals surface area contributed by atoms with Crippen LogP contribution in [-0.2, 0) is 16.1 Å². The third-order valence-electron chi connectivity index (χ3n) is 3.17. The number of unbranched alkanes of at least 4 members (excludes halogenated alkanes) is 3. The van der Waals surface area contributed by atoms with E-state index in [-0.39, 0.29) is 13.0 Å². The van der Waals surface area contributed by atoms with Crippen LogP contribution in [-0.4, -0.2) is 34.9 Å². The summed E-state index contributed by atoms with van der Waals surface area (Å²) in [6, 6.07) is 9.45. The van der Waals surface area contributed by atoms with Gasteiger partial charge in [0.05, 0.1) is 0 Å². The van der Waals surface area contributed by atoms with Crippen LogP contribution in [0, 0.1) is 0 Å². The van der Waals surface area contributed by atoms with Crippen molar-refractivity contribution >= 4 is 12.1 Å². The maximum Gasteiger partial charge on any atom is 0.407 e. The molecule has 0 radical (unpaired) electrons. The second-order valence-electron chi connectivity index (χ2n) is 5.05. The zero-order chi connectivity index (χ0) is 16.2. The summed E-state index contributed by atoms with van der Waals surface area (Å²) >= 11 is 0. The predicted octanol–water partition coefficient (Wildman–Crippen LogP) is 2.31. The van der Waals surface area contributed by atoms with Gasteiger partial charge in [-0.05, 0) is 18.4 Å². The first-order chi connectivity index (χ1) is 10.6. The van der Waals surface area contributed by atoms with Crippen molar-refractivity contribution in [2.45, 2.75) is 44.8 Å². The van der Waals surface area contributed by atoms with Crippen LogP contribution in [0.1, 0.15) is 37.7 Å². The monoisotopic (exact) mass is 309 g/mol. The SMILES string of the molecule is O=C(NCCCCCCC(O)C(=O)O)OCc1ccccc1. The minimum absolute atomic E-state index is 0.250. The number of aliphatic hydroxyl groups excluding tert-OH is 1. The number of hydrogen-bond acceptors (Lipinski definition) is 4. The van der Waals surface area contributed by atoms with E-state index in [2.05, 4.69) is 5.32 Å². The van der Waals surface area contributed by atoms with Crippen molar-refractivity contribution in [1.29, 1.82) is 0 Å². The fourth-order valence-corrected chi connectivity index (χ4v) is 1.90. The van der Waals surface area contributed by atoms with Crippen molar-refractivity contribution in [1.82, 2.24) is 5.32 Å². The summed E-state index contributed by atoms with van der Waals surface area (Å²) in [5.41, 5.74) is 0.939. The van der Waals surface area contributed by atoms with Gasteiger partial charge in [0.2, 0.25) is 0 Å². The summed E-state index contributed by atoms with van der Waals surface area (Å²) in [6.07, 6.45) is 1.70. The number of amides is 1. The van der Waals surface area contributed by atoms with Crippen molar-refractivity contribution in [3.63, 3.8) is 0 Å². The summed E-state index contributed by atoms with van der Waals surface area (Å²) in [5, 5.41) is 20.3. The minimum Gasteiger partial charge on any atom is -0.479 e. The smallest absolute Gasteiger partial charge is 0.407 e. The van der Waals surface area contributed by atoms with E-state index in [1.54, 1.807) is 0 Å². The second-order valence-corrected chi connectivity index (χ2v) is 5.05. The second kappa shape index (κ2) is 10.6. The Labute approximate surface area is 130 Å². The number of ether oxygens (including phenoxy) is 1. The third-order valence-corrected chi connectivity index (χ3v) is 3.17. The van der Waals surface area contributed by atoms with Gasteiger partial charge >= 0.3 is 12.1 Å².